The first kappa shape index (κ1) is 15.0. The predicted octanol–water partition coefficient (Wildman–Crippen LogP) is 0.713. The van der Waals surface area contributed by atoms with Crippen LogP contribution in [0.2, 0.25) is 5.02 Å². The molecule has 0 aliphatic rings. The van der Waals surface area contributed by atoms with Gasteiger partial charge in [-0.2, -0.15) is 10.2 Å². The van der Waals surface area contributed by atoms with Crippen LogP contribution in [-0.2, 0) is 22.6 Å². The molecule has 0 aromatic carbocycles. The fourth-order valence-corrected chi connectivity index (χ4v) is 1.85. The monoisotopic (exact) mass is 311 g/mol. The summed E-state index contributed by atoms with van der Waals surface area (Å²) in [6.45, 7) is 2.05. The highest BCUT2D eigenvalue weighted by Gasteiger charge is 2.12. The molecule has 2 aromatic heterocycles. The number of methoxy groups -OCH3 is 1. The van der Waals surface area contributed by atoms with Crippen LogP contribution >= 0.6 is 11.6 Å². The molecule has 0 bridgehead atoms. The first-order chi connectivity index (χ1) is 10.0. The zero-order valence-electron chi connectivity index (χ0n) is 11.5. The Labute approximate surface area is 125 Å². The Hall–Kier alpha value is -2.35. The molecular weight excluding hydrogens is 298 g/mol. The topological polar surface area (TPSA) is 102 Å². The summed E-state index contributed by atoms with van der Waals surface area (Å²) in [4.78, 5) is 23.1. The number of carbonyl (C=O) groups is 1. The van der Waals surface area contributed by atoms with Gasteiger partial charge in [0.2, 0.25) is 0 Å². The molecule has 0 saturated carbocycles. The minimum atomic E-state index is -0.574. The Morgan fingerprint density at radius 3 is 2.90 bits per heavy atom. The highest BCUT2D eigenvalue weighted by molar-refractivity contribution is 6.32. The molecule has 0 saturated heterocycles. The van der Waals surface area contributed by atoms with Crippen LogP contribution < -0.4 is 10.9 Å². The Balaban J connectivity index is 2.15. The van der Waals surface area contributed by atoms with E-state index in [9.17, 15) is 9.59 Å². The summed E-state index contributed by atoms with van der Waals surface area (Å²) in [6, 6.07) is 0. The molecule has 21 heavy (non-hydrogen) atoms. The second kappa shape index (κ2) is 6.40. The smallest absolute Gasteiger partial charge is 0.327 e. The maximum atomic E-state index is 12.0. The van der Waals surface area contributed by atoms with Crippen molar-refractivity contribution in [2.45, 2.75) is 20.0 Å². The summed E-state index contributed by atoms with van der Waals surface area (Å²) >= 11 is 5.99. The average Bonchev–Trinajstić information content (AvgIpc) is 2.88. The largest absolute Gasteiger partial charge is 0.468 e. The molecule has 2 N–H and O–H groups in total. The molecule has 112 valence electrons. The van der Waals surface area contributed by atoms with Gasteiger partial charge >= 0.3 is 5.97 Å². The second-order valence-corrected chi connectivity index (χ2v) is 4.66. The molecule has 0 radical (unpaired) electrons. The lowest BCUT2D eigenvalue weighted by molar-refractivity contribution is -0.141. The zero-order chi connectivity index (χ0) is 15.4. The predicted molar refractivity (Wildman–Crippen MR) is 76.2 cm³/mol. The molecule has 9 heteroatoms. The maximum Gasteiger partial charge on any atom is 0.327 e. The first-order valence-electron chi connectivity index (χ1n) is 6.08. The van der Waals surface area contributed by atoms with E-state index >= 15 is 0 Å². The van der Waals surface area contributed by atoms with E-state index < -0.39 is 11.5 Å². The second-order valence-electron chi connectivity index (χ2n) is 4.28. The van der Waals surface area contributed by atoms with Gasteiger partial charge in [0.05, 0.1) is 25.2 Å². The lowest BCUT2D eigenvalue weighted by Crippen LogP contribution is -2.28. The van der Waals surface area contributed by atoms with Gasteiger partial charge in [-0.25, -0.2) is 4.68 Å². The van der Waals surface area contributed by atoms with E-state index in [1.165, 1.54) is 13.3 Å². The van der Waals surface area contributed by atoms with Crippen molar-refractivity contribution in [3.05, 3.63) is 39.0 Å². The fourth-order valence-electron chi connectivity index (χ4n) is 1.63. The van der Waals surface area contributed by atoms with Crippen LogP contribution in [0.4, 0.5) is 5.69 Å². The molecule has 2 rings (SSSR count). The Morgan fingerprint density at radius 1 is 1.52 bits per heavy atom. The molecule has 0 spiro atoms. The molecule has 2 aromatic rings. The summed E-state index contributed by atoms with van der Waals surface area (Å²) < 4.78 is 5.43. The van der Waals surface area contributed by atoms with Gasteiger partial charge in [-0.3, -0.25) is 14.7 Å². The number of esters is 1. The lowest BCUT2D eigenvalue weighted by Gasteiger charge is -2.09. The number of aromatic nitrogens is 4. The van der Waals surface area contributed by atoms with Crippen molar-refractivity contribution >= 4 is 23.3 Å². The molecule has 0 fully saturated rings. The summed E-state index contributed by atoms with van der Waals surface area (Å²) in [5.74, 6) is -0.574. The molecule has 0 aliphatic carbocycles. The van der Waals surface area contributed by atoms with Crippen molar-refractivity contribution in [2.75, 3.05) is 12.4 Å². The van der Waals surface area contributed by atoms with Crippen molar-refractivity contribution in [1.29, 1.82) is 0 Å². The van der Waals surface area contributed by atoms with Gasteiger partial charge < -0.3 is 10.1 Å². The minimum absolute atomic E-state index is 0.0324. The van der Waals surface area contributed by atoms with Gasteiger partial charge in [0.1, 0.15) is 11.6 Å². The van der Waals surface area contributed by atoms with Crippen molar-refractivity contribution < 1.29 is 9.53 Å². The summed E-state index contributed by atoms with van der Waals surface area (Å²) in [5, 5.41) is 13.6. The maximum absolute atomic E-state index is 12.0. The average molecular weight is 312 g/mol. The van der Waals surface area contributed by atoms with Gasteiger partial charge in [0, 0.05) is 17.8 Å². The number of aryl methyl sites for hydroxylation is 1. The lowest BCUT2D eigenvalue weighted by atomic mass is 10.2. The zero-order valence-corrected chi connectivity index (χ0v) is 12.3. The molecule has 0 unspecified atom stereocenters. The van der Waals surface area contributed by atoms with Crippen molar-refractivity contribution in [2.24, 2.45) is 0 Å². The van der Waals surface area contributed by atoms with Crippen LogP contribution in [-0.4, -0.2) is 33.1 Å². The highest BCUT2D eigenvalue weighted by Crippen LogP contribution is 2.16. The number of halogens is 1. The Bertz CT molecular complexity index is 709. The minimum Gasteiger partial charge on any atom is -0.468 e. The normalized spacial score (nSPS) is 10.4. The van der Waals surface area contributed by atoms with Crippen molar-refractivity contribution in [3.63, 3.8) is 0 Å². The van der Waals surface area contributed by atoms with E-state index in [0.29, 0.717) is 12.2 Å². The third-order valence-electron chi connectivity index (χ3n) is 2.90. The Morgan fingerprint density at radius 2 is 2.29 bits per heavy atom. The summed E-state index contributed by atoms with van der Waals surface area (Å²) in [7, 11) is 1.23. The van der Waals surface area contributed by atoms with E-state index in [2.05, 4.69) is 25.3 Å². The number of nitrogens with zero attached hydrogens (tertiary/aromatic N) is 3. The summed E-state index contributed by atoms with van der Waals surface area (Å²) in [5.41, 5.74) is 1.70. The van der Waals surface area contributed by atoms with E-state index in [-0.39, 0.29) is 11.6 Å². The first-order valence-corrected chi connectivity index (χ1v) is 6.46. The van der Waals surface area contributed by atoms with E-state index in [1.54, 1.807) is 6.20 Å². The standard InChI is InChI=1S/C12H14ClN5O3/c1-7-8(4-15-17-7)3-14-9-5-16-18(6-10(19)21-2)12(20)11(9)13/h4-5,14H,3,6H2,1-2H3,(H,15,17). The van der Waals surface area contributed by atoms with Gasteiger partial charge in [0.25, 0.3) is 5.56 Å². The molecule has 0 amide bonds. The number of rotatable bonds is 5. The molecule has 8 nitrogen and oxygen atoms in total. The number of hydrogen-bond acceptors (Lipinski definition) is 6. The Kier molecular flexibility index (Phi) is 4.59. The number of aromatic amines is 1. The molecule has 0 atom stereocenters. The number of H-pyrrole nitrogens is 1. The van der Waals surface area contributed by atoms with E-state index in [4.69, 9.17) is 11.6 Å². The van der Waals surface area contributed by atoms with Gasteiger partial charge in [-0.15, -0.1) is 0 Å². The number of hydrogen-bond donors (Lipinski definition) is 2. The van der Waals surface area contributed by atoms with Gasteiger partial charge in [-0.05, 0) is 6.92 Å². The van der Waals surface area contributed by atoms with E-state index in [1.807, 2.05) is 6.92 Å². The van der Waals surface area contributed by atoms with Crippen LogP contribution in [0, 0.1) is 6.92 Å². The molecule has 0 aliphatic heterocycles. The third kappa shape index (κ3) is 3.40. The quantitative estimate of drug-likeness (QED) is 0.789. The fraction of sp³-hybridized carbons (Fsp3) is 0.333. The number of anilines is 1. The number of ether oxygens (including phenoxy) is 1. The summed E-state index contributed by atoms with van der Waals surface area (Å²) in [6.07, 6.45) is 3.07. The molecular formula is C12H14ClN5O3. The number of nitrogens with one attached hydrogen (secondary N) is 2. The third-order valence-corrected chi connectivity index (χ3v) is 3.26. The van der Waals surface area contributed by atoms with Crippen molar-refractivity contribution in [1.82, 2.24) is 20.0 Å². The van der Waals surface area contributed by atoms with Crippen LogP contribution in [0.15, 0.2) is 17.2 Å². The van der Waals surface area contributed by atoms with Crippen molar-refractivity contribution in [3.8, 4) is 0 Å². The van der Waals surface area contributed by atoms with Crippen LogP contribution in [0.1, 0.15) is 11.3 Å². The van der Waals surface area contributed by atoms with Crippen LogP contribution in [0.5, 0.6) is 0 Å². The van der Waals surface area contributed by atoms with Crippen LogP contribution in [0.3, 0.4) is 0 Å². The van der Waals surface area contributed by atoms with E-state index in [0.717, 1.165) is 15.9 Å². The van der Waals surface area contributed by atoms with Gasteiger partial charge in [-0.1, -0.05) is 11.6 Å². The number of carbonyl (C=O) groups excluding carboxylic acids is 1. The molecule has 2 heterocycles. The van der Waals surface area contributed by atoms with Crippen LogP contribution in [0.25, 0.3) is 0 Å². The van der Waals surface area contributed by atoms with Gasteiger partial charge in [0.15, 0.2) is 0 Å². The highest BCUT2D eigenvalue weighted by atomic mass is 35.5. The SMILES string of the molecule is COC(=O)Cn1ncc(NCc2cn[nH]c2C)c(Cl)c1=O.